The Labute approximate surface area is 117 Å². The number of aryl methyl sites for hydroxylation is 3. The van der Waals surface area contributed by atoms with Crippen molar-refractivity contribution < 1.29 is 4.79 Å². The minimum atomic E-state index is 0.0544. The van der Waals surface area contributed by atoms with Gasteiger partial charge in [0.25, 0.3) is 5.91 Å². The Morgan fingerprint density at radius 2 is 1.53 bits per heavy atom. The fourth-order valence-corrected chi connectivity index (χ4v) is 2.36. The molecule has 0 aliphatic heterocycles. The van der Waals surface area contributed by atoms with Crippen LogP contribution in [0.15, 0.2) is 12.1 Å². The van der Waals surface area contributed by atoms with E-state index in [1.54, 1.807) is 5.01 Å². The van der Waals surface area contributed by atoms with Crippen molar-refractivity contribution in [3.05, 3.63) is 34.4 Å². The molecule has 0 unspecified atom stereocenters. The summed E-state index contributed by atoms with van der Waals surface area (Å²) in [5, 5.41) is 1.73. The Kier molecular flexibility index (Phi) is 5.12. The van der Waals surface area contributed by atoms with Crippen LogP contribution in [0.4, 0.5) is 0 Å². The molecule has 0 fully saturated rings. The smallest absolute Gasteiger partial charge is 0.268 e. The Bertz CT molecular complexity index is 441. The third-order valence-corrected chi connectivity index (χ3v) is 3.02. The molecule has 0 saturated heterocycles. The summed E-state index contributed by atoms with van der Waals surface area (Å²) in [6.45, 7) is 14.2. The van der Waals surface area contributed by atoms with Crippen molar-refractivity contribution in [1.29, 1.82) is 0 Å². The van der Waals surface area contributed by atoms with Gasteiger partial charge >= 0.3 is 0 Å². The monoisotopic (exact) mass is 262 g/mol. The summed E-state index contributed by atoms with van der Waals surface area (Å²) in [6, 6.07) is 4.48. The van der Waals surface area contributed by atoms with Gasteiger partial charge in [0, 0.05) is 17.6 Å². The third-order valence-electron chi connectivity index (χ3n) is 3.02. The van der Waals surface area contributed by atoms with Crippen LogP contribution >= 0.6 is 0 Å². The highest BCUT2D eigenvalue weighted by Crippen LogP contribution is 2.19. The molecule has 0 saturated carbocycles. The predicted octanol–water partition coefficient (Wildman–Crippen LogP) is 3.38. The Morgan fingerprint density at radius 1 is 1.05 bits per heavy atom. The molecule has 1 amide bonds. The molecule has 0 bridgehead atoms. The van der Waals surface area contributed by atoms with Gasteiger partial charge in [-0.1, -0.05) is 17.7 Å². The lowest BCUT2D eigenvalue weighted by Crippen LogP contribution is -2.50. The Morgan fingerprint density at radius 3 is 1.89 bits per heavy atom. The molecule has 3 heteroatoms. The van der Waals surface area contributed by atoms with Gasteiger partial charge in [-0.25, -0.2) is 5.43 Å². The molecule has 1 aromatic carbocycles. The number of rotatable bonds is 4. The van der Waals surface area contributed by atoms with Gasteiger partial charge < -0.3 is 0 Å². The highest BCUT2D eigenvalue weighted by atomic mass is 16.2. The quantitative estimate of drug-likeness (QED) is 0.844. The fraction of sp³-hybridized carbons (Fsp3) is 0.562. The van der Waals surface area contributed by atoms with E-state index >= 15 is 0 Å². The van der Waals surface area contributed by atoms with Gasteiger partial charge in [-0.15, -0.1) is 0 Å². The molecule has 106 valence electrons. The summed E-state index contributed by atoms with van der Waals surface area (Å²) in [4.78, 5) is 12.7. The van der Waals surface area contributed by atoms with Crippen LogP contribution in [0.1, 0.15) is 54.7 Å². The molecule has 0 aliphatic carbocycles. The molecule has 1 rings (SSSR count). The van der Waals surface area contributed by atoms with Crippen LogP contribution in [0.3, 0.4) is 0 Å². The summed E-state index contributed by atoms with van der Waals surface area (Å²) in [6.07, 6.45) is 0. The normalized spacial score (nSPS) is 11.2. The molecule has 0 atom stereocenters. The van der Waals surface area contributed by atoms with Crippen LogP contribution in [-0.2, 0) is 0 Å². The minimum absolute atomic E-state index is 0.0544. The largest absolute Gasteiger partial charge is 0.271 e. The van der Waals surface area contributed by atoms with Crippen LogP contribution in [0, 0.1) is 20.8 Å². The summed E-state index contributed by atoms with van der Waals surface area (Å²) in [7, 11) is 0. The molecule has 1 N–H and O–H groups in total. The van der Waals surface area contributed by atoms with E-state index in [0.717, 1.165) is 16.7 Å². The zero-order valence-corrected chi connectivity index (χ0v) is 13.2. The molecular weight excluding hydrogens is 236 g/mol. The van der Waals surface area contributed by atoms with E-state index in [1.165, 1.54) is 5.56 Å². The summed E-state index contributed by atoms with van der Waals surface area (Å²) < 4.78 is 0. The number of hydrogen-bond donors (Lipinski definition) is 1. The number of hydrogen-bond acceptors (Lipinski definition) is 2. The van der Waals surface area contributed by atoms with E-state index in [2.05, 4.69) is 24.5 Å². The van der Waals surface area contributed by atoms with Crippen molar-refractivity contribution in [3.8, 4) is 0 Å². The zero-order chi connectivity index (χ0) is 14.7. The number of amides is 1. The van der Waals surface area contributed by atoms with Crippen molar-refractivity contribution in [2.24, 2.45) is 0 Å². The standard InChI is InChI=1S/C16H26N2O/c1-10(2)17-18(11(3)4)16(19)15-13(6)8-12(5)9-14(15)7/h8-11,17H,1-7H3. The maximum absolute atomic E-state index is 12.7. The number of carbonyl (C=O) groups is 1. The zero-order valence-electron chi connectivity index (χ0n) is 13.2. The second kappa shape index (κ2) is 6.20. The lowest BCUT2D eigenvalue weighted by molar-refractivity contribution is 0.0548. The second-order valence-corrected chi connectivity index (χ2v) is 5.83. The van der Waals surface area contributed by atoms with Gasteiger partial charge in [0.1, 0.15) is 0 Å². The van der Waals surface area contributed by atoms with Gasteiger partial charge in [0.15, 0.2) is 0 Å². The van der Waals surface area contributed by atoms with Crippen molar-refractivity contribution in [3.63, 3.8) is 0 Å². The first-order chi connectivity index (χ1) is 8.73. The first kappa shape index (κ1) is 15.7. The molecule has 0 aromatic heterocycles. The van der Waals surface area contributed by atoms with Gasteiger partial charge in [0.2, 0.25) is 0 Å². The van der Waals surface area contributed by atoms with Crippen molar-refractivity contribution in [2.45, 2.75) is 60.5 Å². The van der Waals surface area contributed by atoms with E-state index in [0.29, 0.717) is 0 Å². The van der Waals surface area contributed by atoms with Crippen LogP contribution in [0.25, 0.3) is 0 Å². The SMILES string of the molecule is Cc1cc(C)c(C(=O)N(NC(C)C)C(C)C)c(C)c1. The van der Waals surface area contributed by atoms with E-state index in [1.807, 2.05) is 41.5 Å². The summed E-state index contributed by atoms with van der Waals surface area (Å²) in [5.41, 5.74) is 7.32. The van der Waals surface area contributed by atoms with E-state index in [9.17, 15) is 4.79 Å². The fourth-order valence-electron chi connectivity index (χ4n) is 2.36. The van der Waals surface area contributed by atoms with Crippen LogP contribution in [0.2, 0.25) is 0 Å². The first-order valence-corrected chi connectivity index (χ1v) is 6.91. The van der Waals surface area contributed by atoms with Crippen molar-refractivity contribution >= 4 is 5.91 Å². The van der Waals surface area contributed by atoms with Gasteiger partial charge in [-0.05, 0) is 59.6 Å². The lowest BCUT2D eigenvalue weighted by atomic mass is 9.99. The number of benzene rings is 1. The van der Waals surface area contributed by atoms with Crippen molar-refractivity contribution in [1.82, 2.24) is 10.4 Å². The number of carbonyl (C=O) groups excluding carboxylic acids is 1. The number of hydrazine groups is 1. The third kappa shape index (κ3) is 3.80. The molecule has 0 radical (unpaired) electrons. The number of nitrogens with zero attached hydrogens (tertiary/aromatic N) is 1. The Balaban J connectivity index is 3.17. The van der Waals surface area contributed by atoms with Gasteiger partial charge in [-0.3, -0.25) is 9.80 Å². The highest BCUT2D eigenvalue weighted by Gasteiger charge is 2.22. The van der Waals surface area contributed by atoms with E-state index in [4.69, 9.17) is 0 Å². The molecule has 3 nitrogen and oxygen atoms in total. The summed E-state index contributed by atoms with van der Waals surface area (Å²) in [5.74, 6) is 0.0544. The molecular formula is C16H26N2O. The van der Waals surface area contributed by atoms with E-state index < -0.39 is 0 Å². The predicted molar refractivity (Wildman–Crippen MR) is 80.2 cm³/mol. The molecule has 1 aromatic rings. The first-order valence-electron chi connectivity index (χ1n) is 6.91. The molecule has 0 heterocycles. The van der Waals surface area contributed by atoms with E-state index in [-0.39, 0.29) is 18.0 Å². The van der Waals surface area contributed by atoms with Crippen LogP contribution in [-0.4, -0.2) is 23.0 Å². The van der Waals surface area contributed by atoms with Gasteiger partial charge in [0.05, 0.1) is 0 Å². The minimum Gasteiger partial charge on any atom is -0.271 e. The average molecular weight is 262 g/mol. The van der Waals surface area contributed by atoms with Crippen LogP contribution < -0.4 is 5.43 Å². The molecule has 0 aliphatic rings. The molecule has 19 heavy (non-hydrogen) atoms. The van der Waals surface area contributed by atoms with Gasteiger partial charge in [-0.2, -0.15) is 0 Å². The summed E-state index contributed by atoms with van der Waals surface area (Å²) >= 11 is 0. The average Bonchev–Trinajstić information content (AvgIpc) is 2.23. The van der Waals surface area contributed by atoms with Crippen LogP contribution in [0.5, 0.6) is 0 Å². The molecule has 0 spiro atoms. The maximum atomic E-state index is 12.7. The van der Waals surface area contributed by atoms with Crippen molar-refractivity contribution in [2.75, 3.05) is 0 Å². The number of nitrogens with one attached hydrogen (secondary N) is 1. The Hall–Kier alpha value is -1.35. The second-order valence-electron chi connectivity index (χ2n) is 5.83. The topological polar surface area (TPSA) is 32.3 Å². The maximum Gasteiger partial charge on any atom is 0.268 e. The lowest BCUT2D eigenvalue weighted by Gasteiger charge is -2.30. The highest BCUT2D eigenvalue weighted by molar-refractivity contribution is 5.97.